The Hall–Kier alpha value is -3.35. The van der Waals surface area contributed by atoms with Gasteiger partial charge in [0.05, 0.1) is 12.0 Å². The summed E-state index contributed by atoms with van der Waals surface area (Å²) in [5.74, 6) is -1.21. The van der Waals surface area contributed by atoms with Crippen LogP contribution >= 0.6 is 0 Å². The second kappa shape index (κ2) is 10.9. The highest BCUT2D eigenvalue weighted by Gasteiger charge is 2.37. The summed E-state index contributed by atoms with van der Waals surface area (Å²) in [6.07, 6.45) is 4.31. The number of carbonyl (C=O) groups is 3. The number of nitrogens with one attached hydrogen (secondary N) is 2. The van der Waals surface area contributed by atoms with Crippen LogP contribution < -0.4 is 10.6 Å². The van der Waals surface area contributed by atoms with E-state index in [2.05, 4.69) is 34.9 Å². The third kappa shape index (κ3) is 5.84. The Morgan fingerprint density at radius 2 is 1.60 bits per heavy atom. The van der Waals surface area contributed by atoms with Crippen LogP contribution in [0.3, 0.4) is 0 Å². The fraction of sp³-hybridized carbons (Fsp3) is 0.464. The Labute approximate surface area is 206 Å². The average molecular weight is 479 g/mol. The first-order valence-corrected chi connectivity index (χ1v) is 12.5. The molecule has 0 bridgehead atoms. The van der Waals surface area contributed by atoms with Crippen LogP contribution in [-0.2, 0) is 14.3 Å². The first kappa shape index (κ1) is 24.8. The molecule has 2 amide bonds. The molecule has 2 aliphatic rings. The number of aliphatic carboxylic acids is 1. The van der Waals surface area contributed by atoms with Crippen LogP contribution in [0.15, 0.2) is 48.5 Å². The largest absolute Gasteiger partial charge is 0.481 e. The van der Waals surface area contributed by atoms with Gasteiger partial charge in [-0.3, -0.25) is 9.59 Å². The molecule has 35 heavy (non-hydrogen) atoms. The second-order valence-electron chi connectivity index (χ2n) is 9.74. The second-order valence-corrected chi connectivity index (χ2v) is 9.74. The Bertz CT molecular complexity index is 1030. The van der Waals surface area contributed by atoms with Gasteiger partial charge in [-0.1, -0.05) is 74.7 Å². The molecule has 1 fully saturated rings. The molecule has 0 radical (unpaired) electrons. The van der Waals surface area contributed by atoms with E-state index in [9.17, 15) is 14.4 Å². The summed E-state index contributed by atoms with van der Waals surface area (Å²) in [5, 5.41) is 14.9. The van der Waals surface area contributed by atoms with E-state index in [1.807, 2.05) is 31.2 Å². The van der Waals surface area contributed by atoms with E-state index in [-0.39, 0.29) is 31.3 Å². The molecule has 1 saturated carbocycles. The first-order chi connectivity index (χ1) is 16.9. The van der Waals surface area contributed by atoms with Crippen molar-refractivity contribution in [1.29, 1.82) is 0 Å². The van der Waals surface area contributed by atoms with E-state index in [1.54, 1.807) is 0 Å². The smallest absolute Gasteiger partial charge is 0.407 e. The summed E-state index contributed by atoms with van der Waals surface area (Å²) in [6, 6.07) is 16.0. The maximum atomic E-state index is 13.0. The number of rotatable bonds is 9. The Balaban J connectivity index is 1.40. The van der Waals surface area contributed by atoms with Gasteiger partial charge in [0.1, 0.15) is 6.61 Å². The highest BCUT2D eigenvalue weighted by Crippen LogP contribution is 2.44. The molecule has 1 atom stereocenters. The van der Waals surface area contributed by atoms with E-state index in [0.29, 0.717) is 19.3 Å². The molecule has 0 unspecified atom stereocenters. The number of benzene rings is 2. The van der Waals surface area contributed by atoms with Crippen molar-refractivity contribution in [2.75, 3.05) is 6.61 Å². The van der Waals surface area contributed by atoms with E-state index < -0.39 is 23.6 Å². The summed E-state index contributed by atoms with van der Waals surface area (Å²) in [5.41, 5.74) is 3.97. The number of ether oxygens (including phenoxy) is 1. The number of hydrogen-bond donors (Lipinski definition) is 3. The molecular weight excluding hydrogens is 444 g/mol. The maximum Gasteiger partial charge on any atom is 0.407 e. The monoisotopic (exact) mass is 478 g/mol. The zero-order valence-corrected chi connectivity index (χ0v) is 20.2. The van der Waals surface area contributed by atoms with Gasteiger partial charge in [0, 0.05) is 18.4 Å². The highest BCUT2D eigenvalue weighted by molar-refractivity contribution is 5.80. The molecule has 2 aromatic rings. The zero-order valence-electron chi connectivity index (χ0n) is 20.2. The quantitative estimate of drug-likeness (QED) is 0.471. The minimum atomic E-state index is -0.943. The summed E-state index contributed by atoms with van der Waals surface area (Å²) in [7, 11) is 0. The molecule has 2 aromatic carbocycles. The molecule has 0 heterocycles. The molecule has 2 aliphatic carbocycles. The van der Waals surface area contributed by atoms with Crippen LogP contribution in [0.5, 0.6) is 0 Å². The van der Waals surface area contributed by atoms with Crippen molar-refractivity contribution in [2.24, 2.45) is 0 Å². The summed E-state index contributed by atoms with van der Waals surface area (Å²) < 4.78 is 5.74. The predicted molar refractivity (Wildman–Crippen MR) is 133 cm³/mol. The van der Waals surface area contributed by atoms with Gasteiger partial charge in [0.25, 0.3) is 0 Å². The average Bonchev–Trinajstić information content (AvgIpc) is 3.16. The van der Waals surface area contributed by atoms with Crippen LogP contribution in [0.4, 0.5) is 4.79 Å². The fourth-order valence-electron chi connectivity index (χ4n) is 5.52. The summed E-state index contributed by atoms with van der Waals surface area (Å²) >= 11 is 0. The van der Waals surface area contributed by atoms with E-state index >= 15 is 0 Å². The first-order valence-electron chi connectivity index (χ1n) is 12.5. The number of carbonyl (C=O) groups excluding carboxylic acids is 2. The van der Waals surface area contributed by atoms with Gasteiger partial charge in [-0.15, -0.1) is 0 Å². The van der Waals surface area contributed by atoms with Crippen molar-refractivity contribution >= 4 is 18.0 Å². The van der Waals surface area contributed by atoms with Gasteiger partial charge in [-0.2, -0.15) is 0 Å². The normalized spacial score (nSPS) is 17.1. The van der Waals surface area contributed by atoms with Gasteiger partial charge in [0.2, 0.25) is 5.91 Å². The summed E-state index contributed by atoms with van der Waals surface area (Å²) in [6.45, 7) is 2.07. The third-order valence-corrected chi connectivity index (χ3v) is 7.30. The minimum Gasteiger partial charge on any atom is -0.481 e. The summed E-state index contributed by atoms with van der Waals surface area (Å²) in [4.78, 5) is 36.8. The molecule has 7 heteroatoms. The molecule has 4 rings (SSSR count). The fourth-order valence-corrected chi connectivity index (χ4v) is 5.52. The number of amides is 2. The lowest BCUT2D eigenvalue weighted by atomic mass is 9.79. The third-order valence-electron chi connectivity index (χ3n) is 7.30. The van der Waals surface area contributed by atoms with Crippen molar-refractivity contribution in [2.45, 2.75) is 75.8 Å². The van der Waals surface area contributed by atoms with Crippen molar-refractivity contribution in [1.82, 2.24) is 10.6 Å². The molecule has 3 N–H and O–H groups in total. The molecule has 0 saturated heterocycles. The SMILES string of the molecule is CC[C@@H](CC(=O)O)NC(=O)CC1(NC(=O)OCC2c3ccccc3-c3ccccc32)CCCCC1. The van der Waals surface area contributed by atoms with Crippen molar-refractivity contribution < 1.29 is 24.2 Å². The van der Waals surface area contributed by atoms with Gasteiger partial charge in [-0.05, 0) is 41.5 Å². The Kier molecular flexibility index (Phi) is 7.73. The Morgan fingerprint density at radius 1 is 1.00 bits per heavy atom. The van der Waals surface area contributed by atoms with Crippen molar-refractivity contribution in [3.8, 4) is 11.1 Å². The number of carboxylic acid groups (broad SMARTS) is 1. The topological polar surface area (TPSA) is 105 Å². The van der Waals surface area contributed by atoms with Crippen LogP contribution in [0, 0.1) is 0 Å². The lowest BCUT2D eigenvalue weighted by molar-refractivity contribution is -0.137. The zero-order chi connectivity index (χ0) is 24.8. The van der Waals surface area contributed by atoms with Crippen molar-refractivity contribution in [3.05, 3.63) is 59.7 Å². The van der Waals surface area contributed by atoms with Crippen molar-refractivity contribution in [3.63, 3.8) is 0 Å². The number of fused-ring (bicyclic) bond motifs is 3. The highest BCUT2D eigenvalue weighted by atomic mass is 16.5. The minimum absolute atomic E-state index is 0.0277. The van der Waals surface area contributed by atoms with Crippen LogP contribution in [0.1, 0.15) is 75.3 Å². The molecule has 0 spiro atoms. The lowest BCUT2D eigenvalue weighted by Crippen LogP contribution is -2.53. The predicted octanol–water partition coefficient (Wildman–Crippen LogP) is 4.99. The standard InChI is InChI=1S/C28H34N2O5/c1-2-19(16-26(32)33)29-25(31)17-28(14-8-3-9-15-28)30-27(34)35-18-24-22-12-6-4-10-20(22)21-11-5-7-13-23(21)24/h4-7,10-13,19,24H,2-3,8-9,14-18H2,1H3,(H,29,31)(H,30,34)(H,32,33)/t19-/m0/s1. The van der Waals surface area contributed by atoms with Crippen LogP contribution in [0.25, 0.3) is 11.1 Å². The maximum absolute atomic E-state index is 13.0. The molecule has 0 aromatic heterocycles. The number of alkyl carbamates (subject to hydrolysis) is 1. The molecule has 7 nitrogen and oxygen atoms in total. The molecule has 0 aliphatic heterocycles. The van der Waals surface area contributed by atoms with Gasteiger partial charge >= 0.3 is 12.1 Å². The van der Waals surface area contributed by atoms with E-state index in [1.165, 1.54) is 11.1 Å². The number of carboxylic acids is 1. The van der Waals surface area contributed by atoms with E-state index in [0.717, 1.165) is 30.4 Å². The van der Waals surface area contributed by atoms with Gasteiger partial charge in [-0.25, -0.2) is 4.79 Å². The van der Waals surface area contributed by atoms with E-state index in [4.69, 9.17) is 9.84 Å². The van der Waals surface area contributed by atoms with Gasteiger partial charge in [0.15, 0.2) is 0 Å². The van der Waals surface area contributed by atoms with Gasteiger partial charge < -0.3 is 20.5 Å². The lowest BCUT2D eigenvalue weighted by Gasteiger charge is -2.37. The van der Waals surface area contributed by atoms with Crippen LogP contribution in [-0.4, -0.2) is 41.3 Å². The van der Waals surface area contributed by atoms with Crippen LogP contribution in [0.2, 0.25) is 0 Å². The number of hydrogen-bond acceptors (Lipinski definition) is 4. The Morgan fingerprint density at radius 3 is 2.17 bits per heavy atom. The molecular formula is C28H34N2O5. The molecule has 186 valence electrons.